The third kappa shape index (κ3) is 6.00. The number of nitrogens with one attached hydrogen (secondary N) is 2. The Hall–Kier alpha value is -4.55. The first kappa shape index (κ1) is 24.2. The zero-order valence-electron chi connectivity index (χ0n) is 19.9. The number of halogens is 1. The molecule has 0 radical (unpaired) electrons. The molecule has 0 saturated carbocycles. The zero-order valence-corrected chi connectivity index (χ0v) is 20.6. The summed E-state index contributed by atoms with van der Waals surface area (Å²) in [7, 11) is 0. The first-order chi connectivity index (χ1) is 18.0. The van der Waals surface area contributed by atoms with Gasteiger partial charge in [-0.05, 0) is 66.2 Å². The molecule has 0 aliphatic carbocycles. The van der Waals surface area contributed by atoms with Crippen LogP contribution < -0.4 is 15.4 Å². The average molecular weight is 510 g/mol. The summed E-state index contributed by atoms with van der Waals surface area (Å²) in [5.41, 5.74) is 3.82. The van der Waals surface area contributed by atoms with Crippen LogP contribution in [0.1, 0.15) is 16.1 Å². The molecule has 5 aromatic rings. The van der Waals surface area contributed by atoms with Crippen molar-refractivity contribution in [3.8, 4) is 5.75 Å². The second kappa shape index (κ2) is 11.0. The van der Waals surface area contributed by atoms with Gasteiger partial charge >= 0.3 is 0 Å². The first-order valence-corrected chi connectivity index (χ1v) is 12.1. The fraction of sp³-hybridized carbons (Fsp3) is 0.0667. The molecule has 6 nitrogen and oxygen atoms in total. The predicted octanol–water partition coefficient (Wildman–Crippen LogP) is 6.61. The summed E-state index contributed by atoms with van der Waals surface area (Å²) in [5, 5.41) is 7.27. The molecule has 0 bridgehead atoms. The second-order valence-electron chi connectivity index (χ2n) is 8.49. The Balaban J connectivity index is 1.38. The SMILES string of the molecule is O=C(COc1ccc(Cl)cc1)Nc1ccc2c(c1)cc(C(=O)Nc1ccccc1)n2Cc1ccccc1. The Kier molecular flexibility index (Phi) is 7.19. The molecule has 0 aliphatic rings. The number of benzene rings is 4. The van der Waals surface area contributed by atoms with Crippen molar-refractivity contribution >= 4 is 45.7 Å². The van der Waals surface area contributed by atoms with Crippen molar-refractivity contribution in [3.63, 3.8) is 0 Å². The Morgan fingerprint density at radius 2 is 1.46 bits per heavy atom. The third-order valence-corrected chi connectivity index (χ3v) is 6.07. The minimum absolute atomic E-state index is 0.139. The maximum atomic E-state index is 13.3. The Labute approximate surface area is 219 Å². The number of para-hydroxylation sites is 1. The molecule has 4 aromatic carbocycles. The minimum atomic E-state index is -0.292. The summed E-state index contributed by atoms with van der Waals surface area (Å²) in [6.07, 6.45) is 0. The molecule has 0 spiro atoms. The minimum Gasteiger partial charge on any atom is -0.484 e. The van der Waals surface area contributed by atoms with Crippen LogP contribution in [0.4, 0.5) is 11.4 Å². The predicted molar refractivity (Wildman–Crippen MR) is 147 cm³/mol. The van der Waals surface area contributed by atoms with Crippen LogP contribution in [-0.2, 0) is 11.3 Å². The molecule has 0 fully saturated rings. The maximum absolute atomic E-state index is 13.3. The number of rotatable bonds is 8. The quantitative estimate of drug-likeness (QED) is 0.247. The molecule has 184 valence electrons. The van der Waals surface area contributed by atoms with E-state index in [0.717, 1.165) is 22.2 Å². The molecule has 1 heterocycles. The third-order valence-electron chi connectivity index (χ3n) is 5.82. The van der Waals surface area contributed by atoms with Gasteiger partial charge in [0.1, 0.15) is 11.4 Å². The fourth-order valence-corrected chi connectivity index (χ4v) is 4.19. The molecular weight excluding hydrogens is 486 g/mol. The maximum Gasteiger partial charge on any atom is 0.272 e. The van der Waals surface area contributed by atoms with Crippen molar-refractivity contribution in [2.45, 2.75) is 6.54 Å². The second-order valence-corrected chi connectivity index (χ2v) is 8.92. The highest BCUT2D eigenvalue weighted by Gasteiger charge is 2.17. The highest BCUT2D eigenvalue weighted by Crippen LogP contribution is 2.26. The monoisotopic (exact) mass is 509 g/mol. The molecule has 0 atom stereocenters. The highest BCUT2D eigenvalue weighted by atomic mass is 35.5. The Morgan fingerprint density at radius 3 is 2.19 bits per heavy atom. The van der Waals surface area contributed by atoms with Crippen molar-refractivity contribution in [1.29, 1.82) is 0 Å². The number of hydrogen-bond donors (Lipinski definition) is 2. The van der Waals surface area contributed by atoms with Gasteiger partial charge in [0.25, 0.3) is 11.8 Å². The van der Waals surface area contributed by atoms with Gasteiger partial charge in [-0.25, -0.2) is 0 Å². The summed E-state index contributed by atoms with van der Waals surface area (Å²) < 4.78 is 7.52. The van der Waals surface area contributed by atoms with Gasteiger partial charge in [0.05, 0.1) is 0 Å². The van der Waals surface area contributed by atoms with E-state index in [4.69, 9.17) is 16.3 Å². The van der Waals surface area contributed by atoms with Gasteiger partial charge in [-0.2, -0.15) is 0 Å². The van der Waals surface area contributed by atoms with Crippen LogP contribution in [0.3, 0.4) is 0 Å². The van der Waals surface area contributed by atoms with Crippen molar-refractivity contribution in [2.75, 3.05) is 17.2 Å². The lowest BCUT2D eigenvalue weighted by atomic mass is 10.2. The molecule has 2 amide bonds. The van der Waals surface area contributed by atoms with E-state index in [1.54, 1.807) is 24.3 Å². The Morgan fingerprint density at radius 1 is 0.757 bits per heavy atom. The van der Waals surface area contributed by atoms with E-state index in [1.165, 1.54) is 0 Å². The van der Waals surface area contributed by atoms with E-state index < -0.39 is 0 Å². The first-order valence-electron chi connectivity index (χ1n) is 11.8. The van der Waals surface area contributed by atoms with Crippen LogP contribution in [-0.4, -0.2) is 23.0 Å². The van der Waals surface area contributed by atoms with Crippen LogP contribution in [0.5, 0.6) is 5.75 Å². The molecule has 7 heteroatoms. The summed E-state index contributed by atoms with van der Waals surface area (Å²) in [6.45, 7) is 0.391. The number of carbonyl (C=O) groups is 2. The van der Waals surface area contributed by atoms with Gasteiger partial charge in [-0.1, -0.05) is 60.1 Å². The smallest absolute Gasteiger partial charge is 0.272 e. The van der Waals surface area contributed by atoms with Gasteiger partial charge in [-0.3, -0.25) is 9.59 Å². The average Bonchev–Trinajstić information content (AvgIpc) is 3.27. The van der Waals surface area contributed by atoms with E-state index in [-0.39, 0.29) is 18.4 Å². The van der Waals surface area contributed by atoms with Crippen LogP contribution in [0, 0.1) is 0 Å². The van der Waals surface area contributed by atoms with Crippen LogP contribution in [0.2, 0.25) is 5.02 Å². The fourth-order valence-electron chi connectivity index (χ4n) is 4.07. The molecule has 0 aliphatic heterocycles. The van der Waals surface area contributed by atoms with E-state index in [9.17, 15) is 9.59 Å². The van der Waals surface area contributed by atoms with Crippen molar-refractivity contribution in [3.05, 3.63) is 125 Å². The number of carbonyl (C=O) groups excluding carboxylic acids is 2. The van der Waals surface area contributed by atoms with E-state index in [1.807, 2.05) is 89.5 Å². The van der Waals surface area contributed by atoms with E-state index in [0.29, 0.717) is 28.7 Å². The standard InChI is InChI=1S/C30H24ClN3O3/c31-23-11-14-26(15-12-23)37-20-29(35)32-25-13-16-27-22(17-25)18-28(30(36)33-24-9-5-2-6-10-24)34(27)19-21-7-3-1-4-8-21/h1-18H,19-20H2,(H,32,35)(H,33,36). The lowest BCUT2D eigenvalue weighted by Crippen LogP contribution is -2.20. The summed E-state index contributed by atoms with van der Waals surface area (Å²) in [4.78, 5) is 25.8. The molecule has 37 heavy (non-hydrogen) atoms. The summed E-state index contributed by atoms with van der Waals surface area (Å²) in [5.74, 6) is 0.0578. The van der Waals surface area contributed by atoms with Gasteiger partial charge < -0.3 is 19.9 Å². The lowest BCUT2D eigenvalue weighted by molar-refractivity contribution is -0.118. The lowest BCUT2D eigenvalue weighted by Gasteiger charge is -2.12. The number of fused-ring (bicyclic) bond motifs is 1. The number of amides is 2. The summed E-state index contributed by atoms with van der Waals surface area (Å²) >= 11 is 5.89. The molecule has 2 N–H and O–H groups in total. The number of aromatic nitrogens is 1. The van der Waals surface area contributed by atoms with Crippen LogP contribution in [0.25, 0.3) is 10.9 Å². The van der Waals surface area contributed by atoms with Crippen LogP contribution in [0.15, 0.2) is 109 Å². The molecular formula is C30H24ClN3O3. The number of nitrogens with zero attached hydrogens (tertiary/aromatic N) is 1. The van der Waals surface area contributed by atoms with Crippen molar-refractivity contribution < 1.29 is 14.3 Å². The van der Waals surface area contributed by atoms with Gasteiger partial charge in [0.2, 0.25) is 0 Å². The summed E-state index contributed by atoms with van der Waals surface area (Å²) in [6, 6.07) is 33.6. The molecule has 0 saturated heterocycles. The van der Waals surface area contributed by atoms with E-state index in [2.05, 4.69) is 10.6 Å². The molecule has 0 unspecified atom stereocenters. The number of hydrogen-bond acceptors (Lipinski definition) is 3. The topological polar surface area (TPSA) is 72.4 Å². The largest absolute Gasteiger partial charge is 0.484 e. The number of ether oxygens (including phenoxy) is 1. The highest BCUT2D eigenvalue weighted by molar-refractivity contribution is 6.30. The molecule has 1 aromatic heterocycles. The van der Waals surface area contributed by atoms with E-state index >= 15 is 0 Å². The van der Waals surface area contributed by atoms with Crippen molar-refractivity contribution in [1.82, 2.24) is 4.57 Å². The van der Waals surface area contributed by atoms with Crippen molar-refractivity contribution in [2.24, 2.45) is 0 Å². The van der Waals surface area contributed by atoms with Gasteiger partial charge in [0, 0.05) is 33.8 Å². The normalized spacial score (nSPS) is 10.7. The van der Waals surface area contributed by atoms with Gasteiger partial charge in [-0.15, -0.1) is 0 Å². The van der Waals surface area contributed by atoms with Gasteiger partial charge in [0.15, 0.2) is 6.61 Å². The zero-order chi connectivity index (χ0) is 25.6. The Bertz CT molecular complexity index is 1530. The molecule has 5 rings (SSSR count). The number of anilines is 2. The van der Waals surface area contributed by atoms with Crippen LogP contribution >= 0.6 is 11.6 Å².